The largest absolute Gasteiger partial charge is 0.482 e. The van der Waals surface area contributed by atoms with Crippen LogP contribution in [0.1, 0.15) is 0 Å². The Bertz CT molecular complexity index is 599. The Balaban J connectivity index is 2.41. The minimum absolute atomic E-state index is 0.107. The number of carboxylic acid groups (broad SMARTS) is 1. The number of carbonyl (C=O) groups is 2. The molecule has 0 aliphatic rings. The highest BCUT2D eigenvalue weighted by molar-refractivity contribution is 7.89. The average Bonchev–Trinajstić information content (AvgIpc) is 2.36. The van der Waals surface area contributed by atoms with Crippen molar-refractivity contribution in [2.24, 2.45) is 5.14 Å². The zero-order chi connectivity index (χ0) is 15.9. The van der Waals surface area contributed by atoms with E-state index in [0.29, 0.717) is 11.4 Å². The summed E-state index contributed by atoms with van der Waals surface area (Å²) in [4.78, 5) is 21.7. The molecule has 0 aliphatic heterocycles. The van der Waals surface area contributed by atoms with Gasteiger partial charge in [0.2, 0.25) is 10.0 Å². The van der Waals surface area contributed by atoms with E-state index >= 15 is 0 Å². The lowest BCUT2D eigenvalue weighted by Crippen LogP contribution is -2.34. The number of amides is 2. The molecule has 9 nitrogen and oxygen atoms in total. The molecule has 0 aliphatic carbocycles. The first-order valence-corrected chi connectivity index (χ1v) is 7.48. The first kappa shape index (κ1) is 16.7. The molecule has 1 aromatic carbocycles. The third-order valence-electron chi connectivity index (χ3n) is 2.15. The number of nitrogens with one attached hydrogen (secondary N) is 2. The van der Waals surface area contributed by atoms with E-state index in [1.165, 1.54) is 24.3 Å². The zero-order valence-corrected chi connectivity index (χ0v) is 11.7. The van der Waals surface area contributed by atoms with E-state index in [4.69, 9.17) is 15.0 Å². The van der Waals surface area contributed by atoms with Gasteiger partial charge in [0.25, 0.3) is 0 Å². The van der Waals surface area contributed by atoms with Crippen molar-refractivity contribution in [1.82, 2.24) is 5.32 Å². The van der Waals surface area contributed by atoms with E-state index in [2.05, 4.69) is 10.6 Å². The number of sulfonamides is 1. The number of carbonyl (C=O) groups excluding carboxylic acids is 1. The molecule has 21 heavy (non-hydrogen) atoms. The van der Waals surface area contributed by atoms with Gasteiger partial charge < -0.3 is 20.5 Å². The Kier molecular flexibility index (Phi) is 5.93. The number of urea groups is 1. The van der Waals surface area contributed by atoms with E-state index < -0.39 is 28.6 Å². The molecule has 0 saturated carbocycles. The first-order valence-electron chi connectivity index (χ1n) is 5.76. The second-order valence-corrected chi connectivity index (χ2v) is 5.69. The predicted molar refractivity (Wildman–Crippen MR) is 74.6 cm³/mol. The molecule has 0 fully saturated rings. The molecule has 5 N–H and O–H groups in total. The molecule has 0 unspecified atom stereocenters. The summed E-state index contributed by atoms with van der Waals surface area (Å²) in [7, 11) is -3.62. The van der Waals surface area contributed by atoms with Crippen LogP contribution in [0.25, 0.3) is 0 Å². The number of rotatable bonds is 7. The fourth-order valence-electron chi connectivity index (χ4n) is 1.26. The van der Waals surface area contributed by atoms with Crippen LogP contribution in [0, 0.1) is 0 Å². The van der Waals surface area contributed by atoms with Gasteiger partial charge in [-0.25, -0.2) is 23.1 Å². The number of primary sulfonamides is 1. The molecule has 0 saturated heterocycles. The summed E-state index contributed by atoms with van der Waals surface area (Å²) in [6.45, 7) is -0.564. The van der Waals surface area contributed by atoms with Crippen molar-refractivity contribution in [3.63, 3.8) is 0 Å². The van der Waals surface area contributed by atoms with Crippen LogP contribution in [-0.2, 0) is 14.8 Å². The van der Waals surface area contributed by atoms with Crippen LogP contribution in [0.4, 0.5) is 10.5 Å². The second-order valence-electron chi connectivity index (χ2n) is 3.95. The molecule has 0 bridgehead atoms. The highest BCUT2D eigenvalue weighted by Gasteiger charge is 2.06. The van der Waals surface area contributed by atoms with Crippen LogP contribution in [0.3, 0.4) is 0 Å². The van der Waals surface area contributed by atoms with Gasteiger partial charge in [-0.3, -0.25) is 0 Å². The van der Waals surface area contributed by atoms with Gasteiger partial charge >= 0.3 is 12.0 Å². The van der Waals surface area contributed by atoms with Gasteiger partial charge in [-0.1, -0.05) is 0 Å². The summed E-state index contributed by atoms with van der Waals surface area (Å²) in [6, 6.07) is 5.41. The molecule has 0 radical (unpaired) electrons. The molecular weight excluding hydrogens is 302 g/mol. The van der Waals surface area contributed by atoms with Gasteiger partial charge in [0, 0.05) is 12.2 Å². The van der Waals surface area contributed by atoms with Gasteiger partial charge in [0.1, 0.15) is 5.75 Å². The quantitative estimate of drug-likeness (QED) is 0.536. The lowest BCUT2D eigenvalue weighted by atomic mass is 10.3. The molecule has 0 atom stereocenters. The van der Waals surface area contributed by atoms with Crippen LogP contribution in [-0.4, -0.2) is 44.4 Å². The van der Waals surface area contributed by atoms with E-state index in [0.717, 1.165) is 0 Å². The Morgan fingerprint density at radius 2 is 1.86 bits per heavy atom. The maximum absolute atomic E-state index is 11.4. The smallest absolute Gasteiger partial charge is 0.341 e. The SMILES string of the molecule is NS(=O)(=O)CCNC(=O)Nc1ccc(OCC(=O)O)cc1. The van der Waals surface area contributed by atoms with Gasteiger partial charge in [-0.15, -0.1) is 0 Å². The molecular formula is C11H15N3O6S. The number of hydrogen-bond acceptors (Lipinski definition) is 5. The second kappa shape index (κ2) is 7.45. The van der Waals surface area contributed by atoms with Gasteiger partial charge in [0.15, 0.2) is 6.61 Å². The summed E-state index contributed by atoms with van der Waals surface area (Å²) in [5.74, 6) is -1.11. The van der Waals surface area contributed by atoms with Crippen LogP contribution < -0.4 is 20.5 Å². The number of anilines is 1. The molecule has 2 amide bonds. The summed E-state index contributed by atoms with van der Waals surface area (Å²) in [6.07, 6.45) is 0. The predicted octanol–water partition coefficient (Wildman–Crippen LogP) is -0.440. The third-order valence-corrected chi connectivity index (χ3v) is 2.92. The number of hydrogen-bond donors (Lipinski definition) is 4. The minimum Gasteiger partial charge on any atom is -0.482 e. The highest BCUT2D eigenvalue weighted by atomic mass is 32.2. The zero-order valence-electron chi connectivity index (χ0n) is 10.9. The van der Waals surface area contributed by atoms with Crippen molar-refractivity contribution < 1.29 is 27.9 Å². The van der Waals surface area contributed by atoms with E-state index in [9.17, 15) is 18.0 Å². The minimum atomic E-state index is -3.62. The van der Waals surface area contributed by atoms with Crippen LogP contribution in [0.5, 0.6) is 5.75 Å². The first-order chi connectivity index (χ1) is 9.76. The summed E-state index contributed by atoms with van der Waals surface area (Å²) >= 11 is 0. The van der Waals surface area contributed by atoms with Crippen molar-refractivity contribution in [3.8, 4) is 5.75 Å². The standard InChI is InChI=1S/C11H15N3O6S/c12-21(18,19)6-5-13-11(17)14-8-1-3-9(4-2-8)20-7-10(15)16/h1-4H,5-7H2,(H,15,16)(H2,12,18,19)(H2,13,14,17). The Hall–Kier alpha value is -2.33. The van der Waals surface area contributed by atoms with E-state index in [1.807, 2.05) is 0 Å². The molecule has 0 heterocycles. The van der Waals surface area contributed by atoms with E-state index in [1.54, 1.807) is 0 Å². The van der Waals surface area contributed by atoms with Crippen LogP contribution >= 0.6 is 0 Å². The summed E-state index contributed by atoms with van der Waals surface area (Å²) < 4.78 is 26.3. The van der Waals surface area contributed by atoms with Gasteiger partial charge in [0.05, 0.1) is 5.75 Å². The highest BCUT2D eigenvalue weighted by Crippen LogP contribution is 2.15. The van der Waals surface area contributed by atoms with E-state index in [-0.39, 0.29) is 12.3 Å². The van der Waals surface area contributed by atoms with Crippen molar-refractivity contribution in [1.29, 1.82) is 0 Å². The number of carboxylic acids is 1. The topological polar surface area (TPSA) is 148 Å². The lowest BCUT2D eigenvalue weighted by Gasteiger charge is -2.08. The van der Waals surface area contributed by atoms with Crippen molar-refractivity contribution in [2.75, 3.05) is 24.2 Å². The molecule has 1 rings (SSSR count). The van der Waals surface area contributed by atoms with Gasteiger partial charge in [-0.2, -0.15) is 0 Å². The van der Waals surface area contributed by atoms with Crippen molar-refractivity contribution >= 4 is 27.7 Å². The van der Waals surface area contributed by atoms with Crippen LogP contribution in [0.2, 0.25) is 0 Å². The Labute approximate surface area is 121 Å². The number of aliphatic carboxylic acids is 1. The number of benzene rings is 1. The fourth-order valence-corrected chi connectivity index (χ4v) is 1.65. The normalized spacial score (nSPS) is 10.7. The number of ether oxygens (including phenoxy) is 1. The fraction of sp³-hybridized carbons (Fsp3) is 0.273. The number of nitrogens with two attached hydrogens (primary N) is 1. The molecule has 1 aromatic rings. The molecule has 0 aromatic heterocycles. The van der Waals surface area contributed by atoms with Crippen LogP contribution in [0.15, 0.2) is 24.3 Å². The Morgan fingerprint density at radius 1 is 1.24 bits per heavy atom. The maximum Gasteiger partial charge on any atom is 0.341 e. The third kappa shape index (κ3) is 7.74. The molecule has 0 spiro atoms. The van der Waals surface area contributed by atoms with Gasteiger partial charge in [-0.05, 0) is 24.3 Å². The molecule has 10 heteroatoms. The lowest BCUT2D eigenvalue weighted by molar-refractivity contribution is -0.139. The Morgan fingerprint density at radius 3 is 2.38 bits per heavy atom. The van der Waals surface area contributed by atoms with Crippen molar-refractivity contribution in [3.05, 3.63) is 24.3 Å². The average molecular weight is 317 g/mol. The monoisotopic (exact) mass is 317 g/mol. The summed E-state index contributed by atoms with van der Waals surface area (Å²) in [5, 5.41) is 18.0. The molecule has 116 valence electrons. The summed E-state index contributed by atoms with van der Waals surface area (Å²) in [5.41, 5.74) is 0.436. The maximum atomic E-state index is 11.4. The van der Waals surface area contributed by atoms with Crippen molar-refractivity contribution in [2.45, 2.75) is 0 Å².